The minimum Gasteiger partial charge on any atom is -0.298 e. The standard InChI is InChI=1S/C7H6N2O4S/c10-7-5-3-4(14(11,12)13)1-2-6(5)8-9-7/h1-3H,(H2,8,9,10)(H,11,12,13). The van der Waals surface area contributed by atoms with Crippen LogP contribution in [0.25, 0.3) is 10.9 Å². The Morgan fingerprint density at radius 3 is 2.57 bits per heavy atom. The quantitative estimate of drug-likeness (QED) is 0.586. The second-order valence-electron chi connectivity index (χ2n) is 2.76. The zero-order valence-corrected chi connectivity index (χ0v) is 7.63. The van der Waals surface area contributed by atoms with Crippen LogP contribution in [0.4, 0.5) is 0 Å². The molecule has 0 atom stereocenters. The molecule has 0 saturated carbocycles. The summed E-state index contributed by atoms with van der Waals surface area (Å²) in [6, 6.07) is 3.72. The van der Waals surface area contributed by atoms with E-state index in [1.165, 1.54) is 12.1 Å². The lowest BCUT2D eigenvalue weighted by Crippen LogP contribution is -2.01. The van der Waals surface area contributed by atoms with Gasteiger partial charge in [0.1, 0.15) is 0 Å². The van der Waals surface area contributed by atoms with Gasteiger partial charge in [-0.05, 0) is 18.2 Å². The molecule has 0 amide bonds. The number of H-pyrrole nitrogens is 2. The minimum absolute atomic E-state index is 0.195. The molecule has 2 rings (SSSR count). The molecule has 1 aromatic heterocycles. The largest absolute Gasteiger partial charge is 0.298 e. The summed E-state index contributed by atoms with van der Waals surface area (Å²) in [5.74, 6) is 0. The molecule has 0 fully saturated rings. The molecule has 0 aliphatic rings. The van der Waals surface area contributed by atoms with Crippen LogP contribution in [0.3, 0.4) is 0 Å². The summed E-state index contributed by atoms with van der Waals surface area (Å²) in [6.07, 6.45) is 0. The van der Waals surface area contributed by atoms with E-state index in [4.69, 9.17) is 4.55 Å². The third-order valence-corrected chi connectivity index (χ3v) is 2.69. The summed E-state index contributed by atoms with van der Waals surface area (Å²) >= 11 is 0. The number of nitrogens with one attached hydrogen (secondary N) is 2. The number of hydrogen-bond donors (Lipinski definition) is 3. The molecule has 0 saturated heterocycles. The van der Waals surface area contributed by atoms with Crippen molar-refractivity contribution < 1.29 is 13.0 Å². The maximum Gasteiger partial charge on any atom is 0.294 e. The van der Waals surface area contributed by atoms with Crippen LogP contribution in [-0.2, 0) is 10.1 Å². The van der Waals surface area contributed by atoms with Gasteiger partial charge in [-0.3, -0.25) is 19.5 Å². The highest BCUT2D eigenvalue weighted by molar-refractivity contribution is 7.85. The molecule has 0 aliphatic carbocycles. The van der Waals surface area contributed by atoms with Crippen LogP contribution in [0.5, 0.6) is 0 Å². The monoisotopic (exact) mass is 214 g/mol. The van der Waals surface area contributed by atoms with Crippen LogP contribution in [0.15, 0.2) is 27.9 Å². The zero-order chi connectivity index (χ0) is 10.3. The summed E-state index contributed by atoms with van der Waals surface area (Å²) in [4.78, 5) is 10.8. The molecular formula is C7H6N2O4S. The highest BCUT2D eigenvalue weighted by Gasteiger charge is 2.11. The number of hydrogen-bond acceptors (Lipinski definition) is 3. The van der Waals surface area contributed by atoms with E-state index in [9.17, 15) is 13.2 Å². The molecule has 2 aromatic rings. The topological polar surface area (TPSA) is 103 Å². The third kappa shape index (κ3) is 1.32. The summed E-state index contributed by atoms with van der Waals surface area (Å²) in [7, 11) is -4.26. The van der Waals surface area contributed by atoms with Gasteiger partial charge in [0.15, 0.2) is 0 Å². The Bertz CT molecular complexity index is 637. The molecule has 0 unspecified atom stereocenters. The van der Waals surface area contributed by atoms with Crippen LogP contribution in [0.1, 0.15) is 0 Å². The number of rotatable bonds is 1. The van der Waals surface area contributed by atoms with Gasteiger partial charge in [0.2, 0.25) is 0 Å². The van der Waals surface area contributed by atoms with Gasteiger partial charge >= 0.3 is 0 Å². The van der Waals surface area contributed by atoms with Crippen LogP contribution in [-0.4, -0.2) is 23.2 Å². The van der Waals surface area contributed by atoms with E-state index in [0.717, 1.165) is 6.07 Å². The van der Waals surface area contributed by atoms with Crippen LogP contribution >= 0.6 is 0 Å². The van der Waals surface area contributed by atoms with Crippen molar-refractivity contribution in [1.82, 2.24) is 10.2 Å². The van der Waals surface area contributed by atoms with Crippen molar-refractivity contribution in [3.8, 4) is 0 Å². The van der Waals surface area contributed by atoms with Gasteiger partial charge in [-0.25, -0.2) is 0 Å². The average molecular weight is 214 g/mol. The summed E-state index contributed by atoms with van der Waals surface area (Å²) in [6.45, 7) is 0. The van der Waals surface area contributed by atoms with Gasteiger partial charge in [0.25, 0.3) is 15.7 Å². The fraction of sp³-hybridized carbons (Fsp3) is 0. The van der Waals surface area contributed by atoms with E-state index < -0.39 is 15.7 Å². The fourth-order valence-electron chi connectivity index (χ4n) is 1.17. The molecule has 74 valence electrons. The molecule has 14 heavy (non-hydrogen) atoms. The van der Waals surface area contributed by atoms with Crippen molar-refractivity contribution in [1.29, 1.82) is 0 Å². The predicted octanol–water partition coefficient (Wildman–Crippen LogP) is 0.103. The second kappa shape index (κ2) is 2.69. The Labute approximate surface area is 78.3 Å². The van der Waals surface area contributed by atoms with Gasteiger partial charge in [-0.1, -0.05) is 0 Å². The van der Waals surface area contributed by atoms with Crippen molar-refractivity contribution in [3.63, 3.8) is 0 Å². The second-order valence-corrected chi connectivity index (χ2v) is 4.18. The molecule has 1 heterocycles. The van der Waals surface area contributed by atoms with E-state index in [0.29, 0.717) is 5.52 Å². The maximum absolute atomic E-state index is 11.1. The lowest BCUT2D eigenvalue weighted by molar-refractivity contribution is 0.483. The Morgan fingerprint density at radius 2 is 1.93 bits per heavy atom. The van der Waals surface area contributed by atoms with Crippen LogP contribution < -0.4 is 5.56 Å². The predicted molar refractivity (Wildman–Crippen MR) is 48.7 cm³/mol. The normalized spacial score (nSPS) is 12.1. The van der Waals surface area contributed by atoms with E-state index in [2.05, 4.69) is 10.2 Å². The molecule has 0 spiro atoms. The van der Waals surface area contributed by atoms with Gasteiger partial charge in [0, 0.05) is 0 Å². The zero-order valence-electron chi connectivity index (χ0n) is 6.81. The Kier molecular flexibility index (Phi) is 1.73. The molecule has 7 heteroatoms. The maximum atomic E-state index is 11.1. The fourth-order valence-corrected chi connectivity index (χ4v) is 1.68. The first-order valence-electron chi connectivity index (χ1n) is 3.66. The van der Waals surface area contributed by atoms with E-state index in [1.807, 2.05) is 0 Å². The number of benzene rings is 1. The van der Waals surface area contributed by atoms with Gasteiger partial charge in [0.05, 0.1) is 15.8 Å². The molecular weight excluding hydrogens is 208 g/mol. The van der Waals surface area contributed by atoms with Gasteiger partial charge < -0.3 is 0 Å². The first kappa shape index (κ1) is 8.97. The molecule has 3 N–H and O–H groups in total. The van der Waals surface area contributed by atoms with E-state index in [1.54, 1.807) is 0 Å². The third-order valence-electron chi connectivity index (χ3n) is 1.84. The van der Waals surface area contributed by atoms with Gasteiger partial charge in [-0.15, -0.1) is 0 Å². The lowest BCUT2D eigenvalue weighted by Gasteiger charge is -1.94. The molecule has 0 radical (unpaired) electrons. The molecule has 6 nitrogen and oxygen atoms in total. The van der Waals surface area contributed by atoms with Crippen molar-refractivity contribution in [2.45, 2.75) is 4.90 Å². The van der Waals surface area contributed by atoms with Crippen molar-refractivity contribution in [2.24, 2.45) is 0 Å². The first-order valence-corrected chi connectivity index (χ1v) is 5.10. The molecule has 1 aromatic carbocycles. The van der Waals surface area contributed by atoms with Crippen LogP contribution in [0.2, 0.25) is 0 Å². The minimum atomic E-state index is -4.26. The molecule has 0 aliphatic heterocycles. The lowest BCUT2D eigenvalue weighted by atomic mass is 10.2. The Hall–Kier alpha value is -1.60. The Morgan fingerprint density at radius 1 is 1.21 bits per heavy atom. The smallest absolute Gasteiger partial charge is 0.294 e. The highest BCUT2D eigenvalue weighted by Crippen LogP contribution is 2.13. The van der Waals surface area contributed by atoms with Gasteiger partial charge in [-0.2, -0.15) is 8.42 Å². The number of aromatic nitrogens is 2. The summed E-state index contributed by atoms with van der Waals surface area (Å²) in [5.41, 5.74) is 0.0629. The van der Waals surface area contributed by atoms with Crippen molar-refractivity contribution in [3.05, 3.63) is 28.6 Å². The van der Waals surface area contributed by atoms with Crippen molar-refractivity contribution in [2.75, 3.05) is 0 Å². The van der Waals surface area contributed by atoms with Crippen LogP contribution in [0, 0.1) is 0 Å². The van der Waals surface area contributed by atoms with Crippen molar-refractivity contribution >= 4 is 21.0 Å². The Balaban J connectivity index is 2.86. The number of aromatic amines is 2. The molecule has 0 bridgehead atoms. The summed E-state index contributed by atoms with van der Waals surface area (Å²) in [5, 5.41) is 5.05. The van der Waals surface area contributed by atoms with E-state index in [-0.39, 0.29) is 10.3 Å². The SMILES string of the molecule is O=c1[nH][nH]c2ccc(S(=O)(=O)O)cc12. The average Bonchev–Trinajstić information content (AvgIpc) is 2.46. The summed E-state index contributed by atoms with van der Waals surface area (Å²) < 4.78 is 30.2. The first-order chi connectivity index (χ1) is 6.48. The van der Waals surface area contributed by atoms with E-state index >= 15 is 0 Å². The highest BCUT2D eigenvalue weighted by atomic mass is 32.2. The number of fused-ring (bicyclic) bond motifs is 1.